The van der Waals surface area contributed by atoms with E-state index in [0.717, 1.165) is 35.7 Å². The Morgan fingerprint density at radius 1 is 1.00 bits per heavy atom. The molecule has 150 valence electrons. The lowest BCUT2D eigenvalue weighted by atomic mass is 9.78. The predicted octanol–water partition coefficient (Wildman–Crippen LogP) is 7.89. The zero-order valence-corrected chi connectivity index (χ0v) is 15.7. The van der Waals surface area contributed by atoms with Crippen molar-refractivity contribution in [3.63, 3.8) is 0 Å². The van der Waals surface area contributed by atoms with Crippen molar-refractivity contribution in [2.24, 2.45) is 0 Å². The van der Waals surface area contributed by atoms with E-state index in [-0.39, 0.29) is 16.1 Å². The van der Waals surface area contributed by atoms with Crippen molar-refractivity contribution in [1.82, 2.24) is 9.97 Å². The second-order valence-electron chi connectivity index (χ2n) is 6.51. The Kier molecular flexibility index (Phi) is 1.65. The molecule has 0 spiro atoms. The monoisotopic (exact) mass is 424 g/mol. The molecule has 0 amide bonds. The van der Waals surface area contributed by atoms with Crippen LogP contribution in [0.5, 0.6) is 0 Å². The van der Waals surface area contributed by atoms with Crippen LogP contribution >= 0.6 is 11.3 Å². The van der Waals surface area contributed by atoms with Crippen LogP contribution in [0.1, 0.15) is 95.3 Å². The molecule has 0 aliphatic heterocycles. The molecule has 1 aromatic carbocycles. The topological polar surface area (TPSA) is 25.8 Å². The number of hydrogen-bond donors (Lipinski definition) is 0. The molecule has 3 heterocycles. The highest BCUT2D eigenvalue weighted by molar-refractivity contribution is 7.26. The Bertz CT molecular complexity index is 1880. The number of pyridine rings is 2. The van der Waals surface area contributed by atoms with Gasteiger partial charge in [-0.1, -0.05) is 59.3 Å². The zero-order valence-electron chi connectivity index (χ0n) is 36.9. The highest BCUT2D eigenvalue weighted by Gasteiger charge is 2.23. The SMILES string of the molecule is [2H]C([2H])([2H])C([2H])([2H])C(c1ccnc(-c2cccc3c2sc2nc(C(C([2H])([2H])[2H])(C([2H])([2H])[2H])C([2H])([2H])[2H])ccc23)c1)(C([2H])([2H])[2H])C([2H])([2H])C([2H])([2H])[2H]. The van der Waals surface area contributed by atoms with Gasteiger partial charge in [0.1, 0.15) is 4.83 Å². The molecule has 29 heavy (non-hydrogen) atoms. The van der Waals surface area contributed by atoms with Crippen LogP contribution in [0.3, 0.4) is 0 Å². The molecular weight excluding hydrogens is 372 g/mol. The molecule has 0 fully saturated rings. The molecule has 3 heteroatoms. The molecular formula is C26H30N2S. The molecule has 0 atom stereocenters. The summed E-state index contributed by atoms with van der Waals surface area (Å²) in [5.41, 5.74) is -8.85. The maximum Gasteiger partial charge on any atom is 0.124 e. The minimum atomic E-state index is -4.02. The number of rotatable bonds is 4. The predicted molar refractivity (Wildman–Crippen MR) is 127 cm³/mol. The highest BCUT2D eigenvalue weighted by Crippen LogP contribution is 2.40. The van der Waals surface area contributed by atoms with Crippen LogP contribution in [0, 0.1) is 0 Å². The second-order valence-corrected chi connectivity index (χ2v) is 7.51. The lowest BCUT2D eigenvalue weighted by Gasteiger charge is -2.27. The van der Waals surface area contributed by atoms with Gasteiger partial charge < -0.3 is 0 Å². The third kappa shape index (κ3) is 3.46. The van der Waals surface area contributed by atoms with Gasteiger partial charge in [0.2, 0.25) is 0 Å². The average Bonchev–Trinajstić information content (AvgIpc) is 3.27. The van der Waals surface area contributed by atoms with Gasteiger partial charge in [-0.2, -0.15) is 0 Å². The first-order valence-electron chi connectivity index (χ1n) is 19.4. The fourth-order valence-electron chi connectivity index (χ4n) is 3.08. The Morgan fingerprint density at radius 3 is 2.62 bits per heavy atom. The molecule has 0 aliphatic rings. The minimum absolute atomic E-state index is 0.00235. The van der Waals surface area contributed by atoms with E-state index in [1.807, 2.05) is 0 Å². The maximum atomic E-state index is 8.60. The van der Waals surface area contributed by atoms with E-state index >= 15 is 0 Å². The second kappa shape index (κ2) is 7.21. The first-order valence-corrected chi connectivity index (χ1v) is 9.26. The summed E-state index contributed by atoms with van der Waals surface area (Å²) in [6, 6.07) is 8.57. The fourth-order valence-corrected chi connectivity index (χ4v) is 4.27. The summed E-state index contributed by atoms with van der Waals surface area (Å²) in [5.74, 6) is 0. The van der Waals surface area contributed by atoms with Crippen LogP contribution < -0.4 is 0 Å². The fraction of sp³-hybridized carbons (Fsp3) is 0.385. The van der Waals surface area contributed by atoms with E-state index in [1.54, 1.807) is 6.07 Å². The molecule has 2 nitrogen and oxygen atoms in total. The number of aromatic nitrogens is 2. The minimum Gasteiger partial charge on any atom is -0.256 e. The van der Waals surface area contributed by atoms with Crippen molar-refractivity contribution < 1.29 is 30.2 Å². The maximum absolute atomic E-state index is 8.60. The number of fused-ring (bicyclic) bond motifs is 3. The first-order chi connectivity index (χ1) is 22.6. The molecule has 0 saturated heterocycles. The van der Waals surface area contributed by atoms with E-state index in [4.69, 9.17) is 30.2 Å². The van der Waals surface area contributed by atoms with E-state index in [1.165, 1.54) is 18.2 Å². The summed E-state index contributed by atoms with van der Waals surface area (Å²) in [6.07, 6.45) is -7.10. The highest BCUT2D eigenvalue weighted by atomic mass is 32.1. The standard InChI is InChI=1S/C26H30N2S/c1-7-26(6,8-2)17-14-15-27-21(16-17)20-11-9-10-18-19-12-13-22(25(3,4)5)28-24(19)29-23(18)20/h9-16H,7-8H2,1-6H3/i1D3,2D3,3D3,4D3,5D3,6D3,7D2,8D2. The summed E-state index contributed by atoms with van der Waals surface area (Å²) in [6.45, 7) is -22.4. The van der Waals surface area contributed by atoms with Crippen LogP contribution in [0.25, 0.3) is 31.6 Å². The number of thiophene rings is 1. The Balaban J connectivity index is 2.11. The van der Waals surface area contributed by atoms with Crippen LogP contribution in [0.4, 0.5) is 0 Å². The smallest absolute Gasteiger partial charge is 0.124 e. The van der Waals surface area contributed by atoms with Crippen molar-refractivity contribution in [2.75, 3.05) is 0 Å². The molecule has 0 saturated carbocycles. The van der Waals surface area contributed by atoms with E-state index in [0.29, 0.717) is 15.5 Å². The van der Waals surface area contributed by atoms with E-state index in [9.17, 15) is 0 Å². The van der Waals surface area contributed by atoms with Gasteiger partial charge in [0.05, 0.1) is 5.69 Å². The summed E-state index contributed by atoms with van der Waals surface area (Å²) >= 11 is 0.842. The summed E-state index contributed by atoms with van der Waals surface area (Å²) in [7, 11) is 0. The van der Waals surface area contributed by atoms with Crippen molar-refractivity contribution in [3.05, 3.63) is 59.9 Å². The zero-order chi connectivity index (χ0) is 39.4. The van der Waals surface area contributed by atoms with Gasteiger partial charge >= 0.3 is 0 Å². The first kappa shape index (κ1) is 6.62. The van der Waals surface area contributed by atoms with Gasteiger partial charge in [0.15, 0.2) is 0 Å². The van der Waals surface area contributed by atoms with Gasteiger partial charge in [-0.25, -0.2) is 4.98 Å². The normalized spacial score (nSPS) is 27.6. The Hall–Kier alpha value is -2.26. The van der Waals surface area contributed by atoms with Crippen molar-refractivity contribution >= 4 is 31.6 Å². The van der Waals surface area contributed by atoms with Crippen molar-refractivity contribution in [1.29, 1.82) is 0 Å². The third-order valence-electron chi connectivity index (χ3n) is 4.59. The summed E-state index contributed by atoms with van der Waals surface area (Å²) in [4.78, 5) is 8.47. The quantitative estimate of drug-likeness (QED) is 0.333. The molecule has 3 aromatic heterocycles. The average molecular weight is 425 g/mol. The summed E-state index contributed by atoms with van der Waals surface area (Å²) < 4.78 is 179. The lowest BCUT2D eigenvalue weighted by Crippen LogP contribution is -2.19. The summed E-state index contributed by atoms with van der Waals surface area (Å²) in [5, 5.41) is 0.723. The van der Waals surface area contributed by atoms with Gasteiger partial charge in [0.25, 0.3) is 0 Å². The molecule has 0 N–H and O–H groups in total. The van der Waals surface area contributed by atoms with Gasteiger partial charge in [-0.15, -0.1) is 11.3 Å². The largest absolute Gasteiger partial charge is 0.256 e. The molecule has 0 aliphatic carbocycles. The molecule has 4 rings (SSSR count). The van der Waals surface area contributed by atoms with Gasteiger partial charge in [-0.3, -0.25) is 4.98 Å². The van der Waals surface area contributed by atoms with Crippen molar-refractivity contribution in [2.45, 2.75) is 64.7 Å². The Labute approximate surface area is 208 Å². The van der Waals surface area contributed by atoms with Gasteiger partial charge in [0, 0.05) is 68.5 Å². The van der Waals surface area contributed by atoms with Crippen LogP contribution in [0.15, 0.2) is 48.7 Å². The molecule has 0 bridgehead atoms. The molecule has 0 radical (unpaired) electrons. The van der Waals surface area contributed by atoms with Crippen LogP contribution in [0.2, 0.25) is 0 Å². The van der Waals surface area contributed by atoms with Crippen molar-refractivity contribution in [3.8, 4) is 11.3 Å². The Morgan fingerprint density at radius 2 is 1.86 bits per heavy atom. The molecule has 0 unspecified atom stereocenters. The lowest BCUT2D eigenvalue weighted by molar-refractivity contribution is 0.438. The molecule has 4 aromatic rings. The van der Waals surface area contributed by atoms with Crippen LogP contribution in [-0.4, -0.2) is 9.97 Å². The number of benzene rings is 1. The van der Waals surface area contributed by atoms with E-state index < -0.39 is 75.9 Å². The third-order valence-corrected chi connectivity index (χ3v) is 5.74. The van der Waals surface area contributed by atoms with Crippen LogP contribution in [-0.2, 0) is 10.8 Å². The number of hydrogen-bond acceptors (Lipinski definition) is 3. The van der Waals surface area contributed by atoms with Gasteiger partial charge in [-0.05, 0) is 48.0 Å². The number of nitrogens with zero attached hydrogens (tertiary/aromatic N) is 2. The van der Waals surface area contributed by atoms with E-state index in [2.05, 4.69) is 9.97 Å².